The largest absolute Gasteiger partial charge is 0.456 e. The molecule has 9 rings (SSSR count). The van der Waals surface area contributed by atoms with Gasteiger partial charge in [-0.2, -0.15) is 0 Å². The van der Waals surface area contributed by atoms with Crippen molar-refractivity contribution in [1.82, 2.24) is 19.5 Å². The molecule has 5 nitrogen and oxygen atoms in total. The van der Waals surface area contributed by atoms with E-state index >= 15 is 0 Å². The third kappa shape index (κ3) is 3.83. The zero-order valence-corrected chi connectivity index (χ0v) is 23.6. The van der Waals surface area contributed by atoms with Crippen LogP contribution in [0.3, 0.4) is 0 Å². The Labute approximate surface area is 252 Å². The van der Waals surface area contributed by atoms with Crippen molar-refractivity contribution in [3.8, 4) is 39.9 Å². The Balaban J connectivity index is 1.30. The maximum atomic E-state index is 6.20. The van der Waals surface area contributed by atoms with E-state index in [9.17, 15) is 0 Å². The van der Waals surface area contributed by atoms with Gasteiger partial charge in [0.2, 0.25) is 0 Å². The number of fused-ring (bicyclic) bond motifs is 6. The van der Waals surface area contributed by atoms with Gasteiger partial charge in [-0.15, -0.1) is 0 Å². The highest BCUT2D eigenvalue weighted by atomic mass is 16.3. The Morgan fingerprint density at radius 3 is 1.91 bits per heavy atom. The van der Waals surface area contributed by atoms with E-state index in [1.165, 1.54) is 5.39 Å². The highest BCUT2D eigenvalue weighted by molar-refractivity contribution is 6.12. The first-order valence-electron chi connectivity index (χ1n) is 14.6. The molecule has 0 spiro atoms. The molecule has 44 heavy (non-hydrogen) atoms. The molecule has 0 aliphatic heterocycles. The Bertz CT molecular complexity index is 2490. The highest BCUT2D eigenvalue weighted by Crippen LogP contribution is 2.38. The van der Waals surface area contributed by atoms with Gasteiger partial charge in [-0.3, -0.25) is 0 Å². The van der Waals surface area contributed by atoms with Gasteiger partial charge in [0, 0.05) is 43.9 Å². The molecule has 0 atom stereocenters. The summed E-state index contributed by atoms with van der Waals surface area (Å²) < 4.78 is 8.51. The molecular formula is C39H24N4O. The van der Waals surface area contributed by atoms with Crippen LogP contribution in [-0.2, 0) is 0 Å². The van der Waals surface area contributed by atoms with Gasteiger partial charge in [0.05, 0.1) is 11.0 Å². The standard InChI is InChI=1S/C39H24N4O/c1-3-12-25(13-4-1)37-40-38(42-39(41-37)30-18-11-21-35-36(30)29-17-8-10-20-34(29)44-35)26-22-23-33-31(24-26)28-16-7-9-19-32(28)43(33)27-14-5-2-6-15-27/h1-24H. The third-order valence-electron chi connectivity index (χ3n) is 8.26. The summed E-state index contributed by atoms with van der Waals surface area (Å²) in [5.41, 5.74) is 7.84. The number of hydrogen-bond donors (Lipinski definition) is 0. The molecule has 0 N–H and O–H groups in total. The van der Waals surface area contributed by atoms with Gasteiger partial charge in [0.1, 0.15) is 11.2 Å². The average molecular weight is 565 g/mol. The predicted molar refractivity (Wildman–Crippen MR) is 178 cm³/mol. The number of aromatic nitrogens is 4. The van der Waals surface area contributed by atoms with Gasteiger partial charge < -0.3 is 8.98 Å². The van der Waals surface area contributed by atoms with Gasteiger partial charge in [0.25, 0.3) is 0 Å². The lowest BCUT2D eigenvalue weighted by Crippen LogP contribution is -2.00. The molecule has 3 heterocycles. The molecule has 0 radical (unpaired) electrons. The van der Waals surface area contributed by atoms with Gasteiger partial charge in [-0.1, -0.05) is 97.1 Å². The van der Waals surface area contributed by atoms with Crippen LogP contribution in [0.4, 0.5) is 0 Å². The SMILES string of the molecule is c1ccc(-c2nc(-c3ccc4c(c3)c3ccccc3n4-c3ccccc3)nc(-c3cccc4oc5ccccc5c34)n2)cc1. The second-order valence-corrected chi connectivity index (χ2v) is 10.9. The third-order valence-corrected chi connectivity index (χ3v) is 8.26. The number of rotatable bonds is 4. The topological polar surface area (TPSA) is 56.7 Å². The van der Waals surface area contributed by atoms with Crippen molar-refractivity contribution in [2.24, 2.45) is 0 Å². The van der Waals surface area contributed by atoms with Crippen molar-refractivity contribution in [2.75, 3.05) is 0 Å². The number of benzene rings is 6. The molecule has 0 bridgehead atoms. The molecule has 0 saturated carbocycles. The molecule has 0 aliphatic rings. The molecule has 206 valence electrons. The normalized spacial score (nSPS) is 11.6. The van der Waals surface area contributed by atoms with Crippen LogP contribution < -0.4 is 0 Å². The number of furan rings is 1. The maximum Gasteiger partial charge on any atom is 0.164 e. The first-order chi connectivity index (χ1) is 21.8. The predicted octanol–water partition coefficient (Wildman–Crippen LogP) is 9.87. The van der Waals surface area contributed by atoms with Crippen LogP contribution in [0.5, 0.6) is 0 Å². The monoisotopic (exact) mass is 564 g/mol. The fourth-order valence-corrected chi connectivity index (χ4v) is 6.27. The van der Waals surface area contributed by atoms with E-state index in [0.717, 1.165) is 60.7 Å². The van der Waals surface area contributed by atoms with E-state index in [-0.39, 0.29) is 0 Å². The molecule has 3 aromatic heterocycles. The number of hydrogen-bond acceptors (Lipinski definition) is 4. The van der Waals surface area contributed by atoms with Crippen molar-refractivity contribution in [2.45, 2.75) is 0 Å². The zero-order chi connectivity index (χ0) is 29.0. The lowest BCUT2D eigenvalue weighted by molar-refractivity contribution is 0.669. The molecule has 0 saturated heterocycles. The fraction of sp³-hybridized carbons (Fsp3) is 0. The van der Waals surface area contributed by atoms with Crippen LogP contribution in [0.25, 0.3) is 83.6 Å². The molecule has 0 fully saturated rings. The van der Waals surface area contributed by atoms with E-state index in [1.54, 1.807) is 0 Å². The Hall–Kier alpha value is -6.07. The first kappa shape index (κ1) is 24.5. The second-order valence-electron chi connectivity index (χ2n) is 10.9. The van der Waals surface area contributed by atoms with Crippen LogP contribution in [0.2, 0.25) is 0 Å². The molecule has 5 heteroatoms. The van der Waals surface area contributed by atoms with E-state index in [0.29, 0.717) is 17.5 Å². The number of nitrogens with zero attached hydrogens (tertiary/aromatic N) is 4. The lowest BCUT2D eigenvalue weighted by Gasteiger charge is -2.10. The van der Waals surface area contributed by atoms with Crippen LogP contribution in [-0.4, -0.2) is 19.5 Å². The van der Waals surface area contributed by atoms with Gasteiger partial charge in [0.15, 0.2) is 17.5 Å². The first-order valence-corrected chi connectivity index (χ1v) is 14.6. The molecule has 9 aromatic rings. The number of para-hydroxylation sites is 3. The Morgan fingerprint density at radius 2 is 1.07 bits per heavy atom. The van der Waals surface area contributed by atoms with Crippen molar-refractivity contribution in [1.29, 1.82) is 0 Å². The smallest absolute Gasteiger partial charge is 0.164 e. The molecule has 0 amide bonds. The average Bonchev–Trinajstić information content (AvgIpc) is 3.64. The minimum atomic E-state index is 0.609. The van der Waals surface area contributed by atoms with E-state index < -0.39 is 0 Å². The summed E-state index contributed by atoms with van der Waals surface area (Å²) in [5, 5.41) is 4.37. The van der Waals surface area contributed by atoms with Crippen molar-refractivity contribution in [3.63, 3.8) is 0 Å². The summed E-state index contributed by atoms with van der Waals surface area (Å²) >= 11 is 0. The lowest BCUT2D eigenvalue weighted by atomic mass is 10.1. The van der Waals surface area contributed by atoms with Gasteiger partial charge >= 0.3 is 0 Å². The van der Waals surface area contributed by atoms with Crippen molar-refractivity contribution in [3.05, 3.63) is 146 Å². The zero-order valence-electron chi connectivity index (χ0n) is 23.6. The Morgan fingerprint density at radius 1 is 0.432 bits per heavy atom. The summed E-state index contributed by atoms with van der Waals surface area (Å²) in [7, 11) is 0. The minimum absolute atomic E-state index is 0.609. The van der Waals surface area contributed by atoms with Gasteiger partial charge in [-0.05, 0) is 48.5 Å². The fourth-order valence-electron chi connectivity index (χ4n) is 6.27. The summed E-state index contributed by atoms with van der Waals surface area (Å²) in [4.78, 5) is 15.2. The molecule has 6 aromatic carbocycles. The quantitative estimate of drug-likeness (QED) is 0.213. The molecular weight excluding hydrogens is 540 g/mol. The van der Waals surface area contributed by atoms with E-state index in [4.69, 9.17) is 19.4 Å². The van der Waals surface area contributed by atoms with E-state index in [2.05, 4.69) is 83.4 Å². The highest BCUT2D eigenvalue weighted by Gasteiger charge is 2.19. The van der Waals surface area contributed by atoms with Crippen LogP contribution in [0.15, 0.2) is 150 Å². The summed E-state index contributed by atoms with van der Waals surface area (Å²) in [6.45, 7) is 0. The second kappa shape index (κ2) is 9.75. The minimum Gasteiger partial charge on any atom is -0.456 e. The van der Waals surface area contributed by atoms with Crippen molar-refractivity contribution < 1.29 is 4.42 Å². The summed E-state index contributed by atoms with van der Waals surface area (Å²) in [5.74, 6) is 1.86. The summed E-state index contributed by atoms with van der Waals surface area (Å²) in [6, 6.07) is 49.8. The van der Waals surface area contributed by atoms with Crippen LogP contribution in [0, 0.1) is 0 Å². The van der Waals surface area contributed by atoms with Crippen LogP contribution >= 0.6 is 0 Å². The molecule has 0 aliphatic carbocycles. The maximum absolute atomic E-state index is 6.20. The van der Waals surface area contributed by atoms with Gasteiger partial charge in [-0.25, -0.2) is 15.0 Å². The Kier molecular flexibility index (Phi) is 5.43. The summed E-state index contributed by atoms with van der Waals surface area (Å²) in [6.07, 6.45) is 0. The van der Waals surface area contributed by atoms with Crippen LogP contribution in [0.1, 0.15) is 0 Å². The van der Waals surface area contributed by atoms with E-state index in [1.807, 2.05) is 66.7 Å². The van der Waals surface area contributed by atoms with Crippen molar-refractivity contribution >= 4 is 43.7 Å². The molecule has 0 unspecified atom stereocenters.